The van der Waals surface area contributed by atoms with Crippen molar-refractivity contribution in [2.75, 3.05) is 12.4 Å². The number of anilines is 1. The highest BCUT2D eigenvalue weighted by Crippen LogP contribution is 2.28. The number of halogens is 1. The van der Waals surface area contributed by atoms with Gasteiger partial charge in [0.15, 0.2) is 0 Å². The van der Waals surface area contributed by atoms with Gasteiger partial charge >= 0.3 is 0 Å². The van der Waals surface area contributed by atoms with E-state index in [9.17, 15) is 10.1 Å². The zero-order chi connectivity index (χ0) is 21.3. The number of ether oxygens (including phenoxy) is 2. The van der Waals surface area contributed by atoms with Crippen LogP contribution in [0.3, 0.4) is 0 Å². The van der Waals surface area contributed by atoms with Gasteiger partial charge in [-0.2, -0.15) is 5.26 Å². The zero-order valence-electron chi connectivity index (χ0n) is 16.3. The van der Waals surface area contributed by atoms with Crippen LogP contribution in [0.4, 0.5) is 5.69 Å². The number of carbonyl (C=O) groups is 1. The van der Waals surface area contributed by atoms with Gasteiger partial charge < -0.3 is 14.8 Å². The molecule has 0 heterocycles. The summed E-state index contributed by atoms with van der Waals surface area (Å²) in [5, 5.41) is 12.5. The highest BCUT2D eigenvalue weighted by Gasteiger charge is 2.13. The standard InChI is InChI=1S/C24H19ClN2O3/c1-29-23-12-9-20(25)14-22(23)27-24(28)19(15-26)13-17-7-10-21(11-8-17)30-16-18-5-3-2-4-6-18/h2-14H,16H2,1H3,(H,27,28)/b19-13+. The first-order chi connectivity index (χ1) is 14.6. The van der Waals surface area contributed by atoms with E-state index < -0.39 is 5.91 Å². The molecule has 0 atom stereocenters. The Kier molecular flexibility index (Phi) is 7.09. The molecule has 0 spiro atoms. The van der Waals surface area contributed by atoms with Crippen LogP contribution < -0.4 is 14.8 Å². The molecule has 0 aliphatic rings. The van der Waals surface area contributed by atoms with Gasteiger partial charge in [0.2, 0.25) is 0 Å². The van der Waals surface area contributed by atoms with E-state index in [1.54, 1.807) is 42.5 Å². The van der Waals surface area contributed by atoms with Gasteiger partial charge in [-0.05, 0) is 47.5 Å². The Morgan fingerprint density at radius 3 is 2.50 bits per heavy atom. The number of hydrogen-bond donors (Lipinski definition) is 1. The molecule has 150 valence electrons. The Morgan fingerprint density at radius 2 is 1.83 bits per heavy atom. The molecule has 0 aromatic heterocycles. The Morgan fingerprint density at radius 1 is 1.10 bits per heavy atom. The average Bonchev–Trinajstić information content (AvgIpc) is 2.77. The number of rotatable bonds is 7. The minimum Gasteiger partial charge on any atom is -0.495 e. The van der Waals surface area contributed by atoms with Crippen molar-refractivity contribution in [3.05, 3.63) is 94.5 Å². The molecule has 30 heavy (non-hydrogen) atoms. The third kappa shape index (κ3) is 5.63. The quantitative estimate of drug-likeness (QED) is 0.407. The van der Waals surface area contributed by atoms with Crippen LogP contribution in [-0.4, -0.2) is 13.0 Å². The van der Waals surface area contributed by atoms with Gasteiger partial charge in [-0.15, -0.1) is 0 Å². The van der Waals surface area contributed by atoms with Crippen molar-refractivity contribution in [1.29, 1.82) is 5.26 Å². The first kappa shape index (κ1) is 21.0. The van der Waals surface area contributed by atoms with Crippen molar-refractivity contribution in [2.24, 2.45) is 0 Å². The molecule has 1 amide bonds. The lowest BCUT2D eigenvalue weighted by molar-refractivity contribution is -0.112. The summed E-state index contributed by atoms with van der Waals surface area (Å²) in [5.74, 6) is 0.593. The summed E-state index contributed by atoms with van der Waals surface area (Å²) >= 11 is 5.98. The van der Waals surface area contributed by atoms with Crippen LogP contribution in [0.25, 0.3) is 6.08 Å². The van der Waals surface area contributed by atoms with Gasteiger partial charge in [0.1, 0.15) is 29.7 Å². The maximum Gasteiger partial charge on any atom is 0.266 e. The molecule has 0 aliphatic heterocycles. The molecular weight excluding hydrogens is 400 g/mol. The summed E-state index contributed by atoms with van der Waals surface area (Å²) in [7, 11) is 1.49. The second kappa shape index (κ2) is 10.1. The number of nitrogens with one attached hydrogen (secondary N) is 1. The number of hydrogen-bond acceptors (Lipinski definition) is 4. The summed E-state index contributed by atoms with van der Waals surface area (Å²) in [6.07, 6.45) is 1.51. The summed E-state index contributed by atoms with van der Waals surface area (Å²) in [6.45, 7) is 0.462. The van der Waals surface area contributed by atoms with E-state index in [1.807, 2.05) is 36.4 Å². The van der Waals surface area contributed by atoms with Crippen molar-refractivity contribution >= 4 is 29.3 Å². The second-order valence-corrected chi connectivity index (χ2v) is 6.75. The van der Waals surface area contributed by atoms with E-state index in [1.165, 1.54) is 13.2 Å². The highest BCUT2D eigenvalue weighted by molar-refractivity contribution is 6.31. The van der Waals surface area contributed by atoms with Crippen LogP contribution in [0.2, 0.25) is 5.02 Å². The first-order valence-corrected chi connectivity index (χ1v) is 9.50. The fourth-order valence-corrected chi connectivity index (χ4v) is 2.86. The molecule has 3 aromatic rings. The summed E-state index contributed by atoms with van der Waals surface area (Å²) in [4.78, 5) is 12.5. The van der Waals surface area contributed by atoms with Gasteiger partial charge in [0.05, 0.1) is 12.8 Å². The van der Waals surface area contributed by atoms with Crippen molar-refractivity contribution in [3.8, 4) is 17.6 Å². The van der Waals surface area contributed by atoms with Crippen LogP contribution in [0.15, 0.2) is 78.4 Å². The van der Waals surface area contributed by atoms with E-state index in [4.69, 9.17) is 21.1 Å². The number of benzene rings is 3. The van der Waals surface area contributed by atoms with Crippen molar-refractivity contribution in [3.63, 3.8) is 0 Å². The SMILES string of the molecule is COc1ccc(Cl)cc1NC(=O)/C(C#N)=C/c1ccc(OCc2ccccc2)cc1. The Bertz CT molecular complexity index is 1090. The van der Waals surface area contributed by atoms with Gasteiger partial charge in [-0.3, -0.25) is 4.79 Å². The maximum atomic E-state index is 12.5. The van der Waals surface area contributed by atoms with E-state index in [0.717, 1.165) is 5.56 Å². The fourth-order valence-electron chi connectivity index (χ4n) is 2.68. The molecule has 0 fully saturated rings. The first-order valence-electron chi connectivity index (χ1n) is 9.12. The molecular formula is C24H19ClN2O3. The van der Waals surface area contributed by atoms with Crippen LogP contribution in [0.1, 0.15) is 11.1 Å². The van der Waals surface area contributed by atoms with Crippen molar-refractivity contribution in [2.45, 2.75) is 6.61 Å². The third-order valence-corrected chi connectivity index (χ3v) is 4.45. The third-order valence-electron chi connectivity index (χ3n) is 4.21. The van der Waals surface area contributed by atoms with E-state index >= 15 is 0 Å². The molecule has 0 aliphatic carbocycles. The Labute approximate surface area is 180 Å². The monoisotopic (exact) mass is 418 g/mol. The molecule has 0 saturated carbocycles. The molecule has 5 nitrogen and oxygen atoms in total. The van der Waals surface area contributed by atoms with Gasteiger partial charge in [0, 0.05) is 5.02 Å². The molecule has 0 radical (unpaired) electrons. The molecule has 3 aromatic carbocycles. The molecule has 0 bridgehead atoms. The van der Waals surface area contributed by atoms with Crippen LogP contribution in [0, 0.1) is 11.3 Å². The Balaban J connectivity index is 1.69. The molecule has 1 N–H and O–H groups in total. The lowest BCUT2D eigenvalue weighted by Gasteiger charge is -2.10. The molecule has 3 rings (SSSR count). The molecule has 0 saturated heterocycles. The van der Waals surface area contributed by atoms with Crippen LogP contribution >= 0.6 is 11.6 Å². The normalized spacial score (nSPS) is 10.8. The Hall–Kier alpha value is -3.75. The van der Waals surface area contributed by atoms with E-state index in [-0.39, 0.29) is 5.57 Å². The number of nitrogens with zero attached hydrogens (tertiary/aromatic N) is 1. The van der Waals surface area contributed by atoms with E-state index in [0.29, 0.717) is 34.4 Å². The maximum absolute atomic E-state index is 12.5. The van der Waals surface area contributed by atoms with Crippen LogP contribution in [-0.2, 0) is 11.4 Å². The number of carbonyl (C=O) groups excluding carboxylic acids is 1. The minimum absolute atomic E-state index is 0.0463. The number of nitriles is 1. The highest BCUT2D eigenvalue weighted by atomic mass is 35.5. The smallest absolute Gasteiger partial charge is 0.266 e. The van der Waals surface area contributed by atoms with Gasteiger partial charge in [-0.1, -0.05) is 54.1 Å². The number of amides is 1. The van der Waals surface area contributed by atoms with E-state index in [2.05, 4.69) is 5.32 Å². The molecule has 0 unspecified atom stereocenters. The zero-order valence-corrected chi connectivity index (χ0v) is 17.0. The molecule has 6 heteroatoms. The number of methoxy groups -OCH3 is 1. The second-order valence-electron chi connectivity index (χ2n) is 6.31. The van der Waals surface area contributed by atoms with Crippen LogP contribution in [0.5, 0.6) is 11.5 Å². The fraction of sp³-hybridized carbons (Fsp3) is 0.0833. The topological polar surface area (TPSA) is 71.3 Å². The van der Waals surface area contributed by atoms with Gasteiger partial charge in [0.25, 0.3) is 5.91 Å². The minimum atomic E-state index is -0.553. The predicted molar refractivity (Wildman–Crippen MR) is 117 cm³/mol. The average molecular weight is 419 g/mol. The summed E-state index contributed by atoms with van der Waals surface area (Å²) < 4.78 is 11.0. The van der Waals surface area contributed by atoms with Crippen molar-refractivity contribution < 1.29 is 14.3 Å². The summed E-state index contributed by atoms with van der Waals surface area (Å²) in [5.41, 5.74) is 2.11. The lowest BCUT2D eigenvalue weighted by Crippen LogP contribution is -2.14. The largest absolute Gasteiger partial charge is 0.495 e. The van der Waals surface area contributed by atoms with Crippen molar-refractivity contribution in [1.82, 2.24) is 0 Å². The van der Waals surface area contributed by atoms with Gasteiger partial charge in [-0.25, -0.2) is 0 Å². The lowest BCUT2D eigenvalue weighted by atomic mass is 10.1. The summed E-state index contributed by atoms with van der Waals surface area (Å²) in [6, 6.07) is 23.8. The predicted octanol–water partition coefficient (Wildman–Crippen LogP) is 5.47.